The Morgan fingerprint density at radius 1 is 1.32 bits per heavy atom. The molecule has 2 rings (SSSR count). The van der Waals surface area contributed by atoms with Crippen molar-refractivity contribution in [3.05, 3.63) is 33.4 Å². The number of carbonyl (C=O) groups is 1. The highest BCUT2D eigenvalue weighted by molar-refractivity contribution is 14.1. The van der Waals surface area contributed by atoms with Crippen LogP contribution in [0.25, 0.3) is 0 Å². The minimum absolute atomic E-state index is 0.0477. The van der Waals surface area contributed by atoms with E-state index in [-0.39, 0.29) is 6.03 Å². The van der Waals surface area contributed by atoms with Gasteiger partial charge in [0.1, 0.15) is 0 Å². The van der Waals surface area contributed by atoms with Crippen LogP contribution in [0.5, 0.6) is 0 Å². The van der Waals surface area contributed by atoms with Gasteiger partial charge in [-0.1, -0.05) is 37.5 Å². The first kappa shape index (κ1) is 14.6. The first-order valence-corrected chi connectivity index (χ1v) is 7.99. The first-order chi connectivity index (χ1) is 9.16. The number of nitrogens with one attached hydrogen (secondary N) is 1. The van der Waals surface area contributed by atoms with Gasteiger partial charge < -0.3 is 10.2 Å². The molecule has 0 radical (unpaired) electrons. The van der Waals surface area contributed by atoms with E-state index in [4.69, 9.17) is 0 Å². The molecule has 0 heterocycles. The van der Waals surface area contributed by atoms with E-state index in [9.17, 15) is 4.79 Å². The molecule has 0 aromatic heterocycles. The second-order valence-electron chi connectivity index (χ2n) is 5.23. The fourth-order valence-corrected chi connectivity index (χ4v) is 3.04. The Morgan fingerprint density at radius 2 is 2.00 bits per heavy atom. The van der Waals surface area contributed by atoms with Gasteiger partial charge in [-0.25, -0.2) is 4.79 Å². The maximum absolute atomic E-state index is 12.1. The minimum Gasteiger partial charge on any atom is -0.335 e. The molecule has 104 valence electrons. The van der Waals surface area contributed by atoms with Crippen molar-refractivity contribution in [1.82, 2.24) is 10.2 Å². The van der Waals surface area contributed by atoms with Crippen molar-refractivity contribution in [3.8, 4) is 0 Å². The third kappa shape index (κ3) is 4.37. The number of hydrogen-bond acceptors (Lipinski definition) is 1. The van der Waals surface area contributed by atoms with E-state index in [0.717, 1.165) is 12.8 Å². The molecule has 0 bridgehead atoms. The number of rotatable bonds is 3. The molecule has 0 spiro atoms. The van der Waals surface area contributed by atoms with Gasteiger partial charge in [-0.2, -0.15) is 0 Å². The second kappa shape index (κ2) is 7.12. The molecule has 0 atom stereocenters. The molecule has 0 saturated heterocycles. The van der Waals surface area contributed by atoms with Crippen LogP contribution in [0.2, 0.25) is 0 Å². The van der Waals surface area contributed by atoms with E-state index in [2.05, 4.69) is 40.0 Å². The summed E-state index contributed by atoms with van der Waals surface area (Å²) >= 11 is 2.31. The Labute approximate surface area is 128 Å². The zero-order valence-electron chi connectivity index (χ0n) is 11.4. The Bertz CT molecular complexity index is 430. The summed E-state index contributed by atoms with van der Waals surface area (Å²) in [5.74, 6) is 0. The molecule has 1 aliphatic carbocycles. The topological polar surface area (TPSA) is 32.3 Å². The summed E-state index contributed by atoms with van der Waals surface area (Å²) in [5.41, 5.74) is 1.20. The summed E-state index contributed by atoms with van der Waals surface area (Å²) < 4.78 is 1.21. The van der Waals surface area contributed by atoms with Crippen molar-refractivity contribution < 1.29 is 4.79 Å². The van der Waals surface area contributed by atoms with Gasteiger partial charge in [0.25, 0.3) is 0 Å². The standard InChI is InChI=1S/C15H21IN2O/c1-18(11-12-7-5-6-10-14(12)16)15(19)17-13-8-3-2-4-9-13/h5-7,10,13H,2-4,8-9,11H2,1H3,(H,17,19). The second-order valence-corrected chi connectivity index (χ2v) is 6.39. The van der Waals surface area contributed by atoms with Crippen LogP contribution >= 0.6 is 22.6 Å². The molecule has 1 aromatic carbocycles. The Kier molecular flexibility index (Phi) is 5.48. The number of hydrogen-bond donors (Lipinski definition) is 1. The molecule has 4 heteroatoms. The molecule has 1 N–H and O–H groups in total. The van der Waals surface area contributed by atoms with Crippen LogP contribution in [-0.4, -0.2) is 24.0 Å². The van der Waals surface area contributed by atoms with Gasteiger partial charge in [-0.05, 0) is 47.1 Å². The fourth-order valence-electron chi connectivity index (χ4n) is 2.49. The van der Waals surface area contributed by atoms with Gasteiger partial charge in [-0.15, -0.1) is 0 Å². The number of nitrogens with zero attached hydrogens (tertiary/aromatic N) is 1. The van der Waals surface area contributed by atoms with Gasteiger partial charge in [0.2, 0.25) is 0 Å². The highest BCUT2D eigenvalue weighted by Crippen LogP contribution is 2.18. The quantitative estimate of drug-likeness (QED) is 0.805. The lowest BCUT2D eigenvalue weighted by Gasteiger charge is -2.26. The van der Waals surface area contributed by atoms with Crippen LogP contribution in [0, 0.1) is 3.57 Å². The molecule has 0 aliphatic heterocycles. The number of amides is 2. The van der Waals surface area contributed by atoms with E-state index < -0.39 is 0 Å². The molecule has 0 unspecified atom stereocenters. The number of carbonyl (C=O) groups excluding carboxylic acids is 1. The lowest BCUT2D eigenvalue weighted by Crippen LogP contribution is -2.43. The van der Waals surface area contributed by atoms with E-state index in [1.807, 2.05) is 19.2 Å². The van der Waals surface area contributed by atoms with E-state index in [0.29, 0.717) is 12.6 Å². The third-order valence-corrected chi connectivity index (χ3v) is 4.70. The van der Waals surface area contributed by atoms with Gasteiger partial charge in [0.15, 0.2) is 0 Å². The maximum Gasteiger partial charge on any atom is 0.317 e. The van der Waals surface area contributed by atoms with Crippen LogP contribution in [0.15, 0.2) is 24.3 Å². The highest BCUT2D eigenvalue weighted by Gasteiger charge is 2.18. The van der Waals surface area contributed by atoms with Crippen LogP contribution in [0.1, 0.15) is 37.7 Å². The third-order valence-electron chi connectivity index (χ3n) is 3.64. The summed E-state index contributed by atoms with van der Waals surface area (Å²) in [4.78, 5) is 13.9. The number of halogens is 1. The van der Waals surface area contributed by atoms with Crippen LogP contribution in [0.4, 0.5) is 4.79 Å². The Hall–Kier alpha value is -0.780. The van der Waals surface area contributed by atoms with Crippen LogP contribution < -0.4 is 5.32 Å². The SMILES string of the molecule is CN(Cc1ccccc1I)C(=O)NC1CCCCC1. The van der Waals surface area contributed by atoms with Crippen LogP contribution in [-0.2, 0) is 6.54 Å². The summed E-state index contributed by atoms with van der Waals surface area (Å²) in [7, 11) is 1.86. The Balaban J connectivity index is 1.87. The number of benzene rings is 1. The molecule has 19 heavy (non-hydrogen) atoms. The molecular formula is C15H21IN2O. The molecular weight excluding hydrogens is 351 g/mol. The van der Waals surface area contributed by atoms with Crippen molar-refractivity contribution in [1.29, 1.82) is 0 Å². The van der Waals surface area contributed by atoms with Gasteiger partial charge in [0.05, 0.1) is 0 Å². The van der Waals surface area contributed by atoms with Crippen molar-refractivity contribution in [3.63, 3.8) is 0 Å². The van der Waals surface area contributed by atoms with E-state index in [1.165, 1.54) is 28.4 Å². The highest BCUT2D eigenvalue weighted by atomic mass is 127. The molecule has 3 nitrogen and oxygen atoms in total. The van der Waals surface area contributed by atoms with E-state index >= 15 is 0 Å². The van der Waals surface area contributed by atoms with Crippen molar-refractivity contribution in [2.24, 2.45) is 0 Å². The maximum atomic E-state index is 12.1. The largest absolute Gasteiger partial charge is 0.335 e. The van der Waals surface area contributed by atoms with Gasteiger partial charge in [-0.3, -0.25) is 0 Å². The summed E-state index contributed by atoms with van der Waals surface area (Å²) in [6.07, 6.45) is 6.05. The monoisotopic (exact) mass is 372 g/mol. The molecule has 1 fully saturated rings. The zero-order valence-corrected chi connectivity index (χ0v) is 13.5. The number of urea groups is 1. The van der Waals surface area contributed by atoms with E-state index in [1.54, 1.807) is 4.90 Å². The smallest absolute Gasteiger partial charge is 0.317 e. The minimum atomic E-state index is 0.0477. The van der Waals surface area contributed by atoms with Crippen molar-refractivity contribution in [2.45, 2.75) is 44.7 Å². The predicted octanol–water partition coefficient (Wildman–Crippen LogP) is 3.77. The molecule has 1 aromatic rings. The first-order valence-electron chi connectivity index (χ1n) is 6.92. The summed E-state index contributed by atoms with van der Waals surface area (Å²) in [6, 6.07) is 8.61. The van der Waals surface area contributed by atoms with Gasteiger partial charge >= 0.3 is 6.03 Å². The van der Waals surface area contributed by atoms with Crippen LogP contribution in [0.3, 0.4) is 0 Å². The summed E-state index contributed by atoms with van der Waals surface area (Å²) in [5, 5.41) is 3.14. The Morgan fingerprint density at radius 3 is 2.68 bits per heavy atom. The zero-order chi connectivity index (χ0) is 13.7. The fraction of sp³-hybridized carbons (Fsp3) is 0.533. The average molecular weight is 372 g/mol. The van der Waals surface area contributed by atoms with Crippen molar-refractivity contribution in [2.75, 3.05) is 7.05 Å². The lowest BCUT2D eigenvalue weighted by atomic mass is 9.96. The summed E-state index contributed by atoms with van der Waals surface area (Å²) in [6.45, 7) is 0.664. The molecule has 2 amide bonds. The van der Waals surface area contributed by atoms with Crippen molar-refractivity contribution >= 4 is 28.6 Å². The average Bonchev–Trinajstić information content (AvgIpc) is 2.42. The lowest BCUT2D eigenvalue weighted by molar-refractivity contribution is 0.198. The normalized spacial score (nSPS) is 16.1. The molecule has 1 saturated carbocycles. The predicted molar refractivity (Wildman–Crippen MR) is 86.0 cm³/mol. The van der Waals surface area contributed by atoms with Gasteiger partial charge in [0, 0.05) is 23.2 Å². The molecule has 1 aliphatic rings.